The van der Waals surface area contributed by atoms with E-state index in [0.717, 1.165) is 16.2 Å². The molecule has 1 aromatic carbocycles. The van der Waals surface area contributed by atoms with Crippen LogP contribution in [0.1, 0.15) is 6.42 Å². The van der Waals surface area contributed by atoms with E-state index in [1.165, 1.54) is 4.31 Å². The summed E-state index contributed by atoms with van der Waals surface area (Å²) < 4.78 is 27.2. The molecule has 0 amide bonds. The molecule has 100 valence electrons. The number of hydrogen-bond donors (Lipinski definition) is 0. The van der Waals surface area contributed by atoms with Crippen LogP contribution in [0.5, 0.6) is 0 Å². The standard InChI is InChI=1S/C11H12Br2ClNO2S/c12-6-8-3-4-15(7-8)18(16,17)11-2-1-9(13)5-10(11)14/h1-2,5,8H,3-4,6-7H2. The lowest BCUT2D eigenvalue weighted by Crippen LogP contribution is -2.29. The van der Waals surface area contributed by atoms with Crippen molar-refractivity contribution in [3.05, 3.63) is 27.7 Å². The molecule has 1 aliphatic rings. The van der Waals surface area contributed by atoms with Gasteiger partial charge in [-0.25, -0.2) is 8.42 Å². The number of rotatable bonds is 3. The molecular weight excluding hydrogens is 405 g/mol. The first-order valence-corrected chi connectivity index (χ1v) is 9.19. The first kappa shape index (κ1) is 14.8. The maximum atomic E-state index is 12.4. The molecule has 1 heterocycles. The van der Waals surface area contributed by atoms with Crippen molar-refractivity contribution in [2.75, 3.05) is 18.4 Å². The summed E-state index contributed by atoms with van der Waals surface area (Å²) in [6.45, 7) is 1.12. The van der Waals surface area contributed by atoms with E-state index in [4.69, 9.17) is 11.6 Å². The summed E-state index contributed by atoms with van der Waals surface area (Å²) in [4.78, 5) is 0.183. The zero-order valence-electron chi connectivity index (χ0n) is 9.44. The van der Waals surface area contributed by atoms with Gasteiger partial charge in [0.2, 0.25) is 10.0 Å². The van der Waals surface area contributed by atoms with Crippen LogP contribution in [0, 0.1) is 5.92 Å². The molecule has 0 saturated carbocycles. The zero-order chi connectivity index (χ0) is 13.3. The monoisotopic (exact) mass is 415 g/mol. The molecule has 1 aromatic rings. The number of sulfonamides is 1. The Labute approximate surface area is 129 Å². The van der Waals surface area contributed by atoms with Crippen molar-refractivity contribution >= 4 is 53.5 Å². The third kappa shape index (κ3) is 2.93. The van der Waals surface area contributed by atoms with Gasteiger partial charge in [0, 0.05) is 22.9 Å². The van der Waals surface area contributed by atoms with Gasteiger partial charge in [-0.05, 0) is 30.5 Å². The number of nitrogens with zero attached hydrogens (tertiary/aromatic N) is 1. The summed E-state index contributed by atoms with van der Waals surface area (Å²) in [5.74, 6) is 0.383. The molecule has 0 bridgehead atoms. The van der Waals surface area contributed by atoms with Crippen LogP contribution in [0.25, 0.3) is 0 Å². The Morgan fingerprint density at radius 1 is 1.44 bits per heavy atom. The predicted octanol–water partition coefficient (Wildman–Crippen LogP) is 3.51. The van der Waals surface area contributed by atoms with Crippen LogP contribution in [0.15, 0.2) is 27.6 Å². The second kappa shape index (κ2) is 5.79. The third-order valence-electron chi connectivity index (χ3n) is 2.98. The molecule has 1 fully saturated rings. The van der Waals surface area contributed by atoms with E-state index in [2.05, 4.69) is 31.9 Å². The molecule has 2 rings (SSSR count). The Morgan fingerprint density at radius 2 is 2.17 bits per heavy atom. The van der Waals surface area contributed by atoms with Gasteiger partial charge in [-0.15, -0.1) is 0 Å². The minimum absolute atomic E-state index is 0.183. The van der Waals surface area contributed by atoms with E-state index in [0.29, 0.717) is 19.0 Å². The topological polar surface area (TPSA) is 37.4 Å². The Bertz CT molecular complexity index is 550. The van der Waals surface area contributed by atoms with Crippen molar-refractivity contribution in [3.63, 3.8) is 0 Å². The quantitative estimate of drug-likeness (QED) is 0.706. The fourth-order valence-corrected chi connectivity index (χ4v) is 5.04. The van der Waals surface area contributed by atoms with Crippen molar-refractivity contribution < 1.29 is 8.42 Å². The van der Waals surface area contributed by atoms with Crippen LogP contribution in [0.2, 0.25) is 5.02 Å². The zero-order valence-corrected chi connectivity index (χ0v) is 14.2. The molecule has 0 spiro atoms. The highest BCUT2D eigenvalue weighted by molar-refractivity contribution is 9.10. The number of hydrogen-bond acceptors (Lipinski definition) is 2. The molecule has 0 radical (unpaired) electrons. The van der Waals surface area contributed by atoms with Crippen LogP contribution >= 0.6 is 43.5 Å². The highest BCUT2D eigenvalue weighted by Gasteiger charge is 2.33. The summed E-state index contributed by atoms with van der Waals surface area (Å²) in [6, 6.07) is 4.84. The third-order valence-corrected chi connectivity index (χ3v) is 6.74. The molecule has 0 aliphatic carbocycles. The van der Waals surface area contributed by atoms with E-state index in [1.807, 2.05) is 0 Å². The second-order valence-corrected chi connectivity index (χ2v) is 8.12. The van der Waals surface area contributed by atoms with E-state index in [1.54, 1.807) is 18.2 Å². The Morgan fingerprint density at radius 3 is 2.72 bits per heavy atom. The maximum absolute atomic E-state index is 12.4. The van der Waals surface area contributed by atoms with Crippen molar-refractivity contribution in [2.24, 2.45) is 5.92 Å². The van der Waals surface area contributed by atoms with Crippen molar-refractivity contribution in [1.82, 2.24) is 4.31 Å². The van der Waals surface area contributed by atoms with Crippen LogP contribution in [0.3, 0.4) is 0 Å². The second-order valence-electron chi connectivity index (χ2n) is 4.25. The number of benzene rings is 1. The van der Waals surface area contributed by atoms with E-state index >= 15 is 0 Å². The molecule has 1 unspecified atom stereocenters. The van der Waals surface area contributed by atoms with Gasteiger partial charge in [0.25, 0.3) is 0 Å². The molecule has 7 heteroatoms. The lowest BCUT2D eigenvalue weighted by Gasteiger charge is -2.17. The van der Waals surface area contributed by atoms with Crippen molar-refractivity contribution in [3.8, 4) is 0 Å². The summed E-state index contributed by atoms with van der Waals surface area (Å²) in [5, 5.41) is 1.08. The average Bonchev–Trinajstić information content (AvgIpc) is 2.77. The van der Waals surface area contributed by atoms with Gasteiger partial charge in [-0.2, -0.15) is 4.31 Å². The van der Waals surface area contributed by atoms with Crippen LogP contribution < -0.4 is 0 Å². The van der Waals surface area contributed by atoms with Gasteiger partial charge in [0.05, 0.1) is 5.02 Å². The lowest BCUT2D eigenvalue weighted by atomic mass is 10.2. The molecule has 0 aromatic heterocycles. The van der Waals surface area contributed by atoms with Gasteiger partial charge >= 0.3 is 0 Å². The Hall–Kier alpha value is 0.380. The first-order valence-electron chi connectivity index (χ1n) is 5.46. The minimum Gasteiger partial charge on any atom is -0.207 e. The van der Waals surface area contributed by atoms with E-state index < -0.39 is 10.0 Å². The minimum atomic E-state index is -3.47. The summed E-state index contributed by atoms with van der Waals surface area (Å²) >= 11 is 12.7. The van der Waals surface area contributed by atoms with Gasteiger partial charge in [0.15, 0.2) is 0 Å². The lowest BCUT2D eigenvalue weighted by molar-refractivity contribution is 0.466. The highest BCUT2D eigenvalue weighted by atomic mass is 79.9. The van der Waals surface area contributed by atoms with Crippen LogP contribution in [-0.4, -0.2) is 31.1 Å². The van der Waals surface area contributed by atoms with Gasteiger partial charge in [-0.3, -0.25) is 0 Å². The van der Waals surface area contributed by atoms with Crippen molar-refractivity contribution in [2.45, 2.75) is 11.3 Å². The molecule has 0 N–H and O–H groups in total. The number of halogens is 3. The molecular formula is C11H12Br2ClNO2S. The summed E-state index contributed by atoms with van der Waals surface area (Å²) in [5.41, 5.74) is 0. The Balaban J connectivity index is 2.31. The van der Waals surface area contributed by atoms with Gasteiger partial charge in [-0.1, -0.05) is 43.5 Å². The van der Waals surface area contributed by atoms with Crippen LogP contribution in [0.4, 0.5) is 0 Å². The molecule has 1 saturated heterocycles. The van der Waals surface area contributed by atoms with Crippen LogP contribution in [-0.2, 0) is 10.0 Å². The fourth-order valence-electron chi connectivity index (χ4n) is 1.96. The number of alkyl halides is 1. The van der Waals surface area contributed by atoms with Crippen molar-refractivity contribution in [1.29, 1.82) is 0 Å². The highest BCUT2D eigenvalue weighted by Crippen LogP contribution is 2.31. The first-order chi connectivity index (χ1) is 8.45. The molecule has 1 aliphatic heterocycles. The summed E-state index contributed by atoms with van der Waals surface area (Å²) in [7, 11) is -3.47. The smallest absolute Gasteiger partial charge is 0.207 e. The van der Waals surface area contributed by atoms with E-state index in [9.17, 15) is 8.42 Å². The fraction of sp³-hybridized carbons (Fsp3) is 0.455. The SMILES string of the molecule is O=S(=O)(c1ccc(Br)cc1Cl)N1CCC(CBr)C1. The normalized spacial score (nSPS) is 21.4. The predicted molar refractivity (Wildman–Crippen MR) is 79.8 cm³/mol. The maximum Gasteiger partial charge on any atom is 0.244 e. The largest absolute Gasteiger partial charge is 0.244 e. The molecule has 1 atom stereocenters. The average molecular weight is 418 g/mol. The van der Waals surface area contributed by atoms with Gasteiger partial charge in [0.1, 0.15) is 4.90 Å². The summed E-state index contributed by atoms with van der Waals surface area (Å²) in [6.07, 6.45) is 0.888. The Kier molecular flexibility index (Phi) is 4.75. The van der Waals surface area contributed by atoms with E-state index in [-0.39, 0.29) is 9.92 Å². The molecule has 18 heavy (non-hydrogen) atoms. The van der Waals surface area contributed by atoms with Gasteiger partial charge < -0.3 is 0 Å². The molecule has 3 nitrogen and oxygen atoms in total.